The number of nitrogens with one attached hydrogen (secondary N) is 1. The number of hydrogen-bond donors (Lipinski definition) is 2. The maximum atomic E-state index is 11.0. The van der Waals surface area contributed by atoms with Crippen molar-refractivity contribution in [2.24, 2.45) is 4.99 Å². The van der Waals surface area contributed by atoms with Gasteiger partial charge in [0.25, 0.3) is 5.88 Å². The average molecular weight is 298 g/mol. The smallest absolute Gasteiger partial charge is 0.362 e. The lowest BCUT2D eigenvalue weighted by molar-refractivity contribution is 0.0687. The Morgan fingerprint density at radius 1 is 1.41 bits per heavy atom. The number of aromatic carboxylic acids is 1. The molecule has 0 saturated carbocycles. The SMILES string of the molecule is C=N/C=C(\C=C(/C)c1ccccc1)Oc1[nH]nnc1C(=O)O. The zero-order chi connectivity index (χ0) is 15.9. The summed E-state index contributed by atoms with van der Waals surface area (Å²) in [4.78, 5) is 14.6. The van der Waals surface area contributed by atoms with Crippen LogP contribution in [0.15, 0.2) is 53.4 Å². The summed E-state index contributed by atoms with van der Waals surface area (Å²) < 4.78 is 5.47. The number of nitrogens with zero attached hydrogens (tertiary/aromatic N) is 3. The van der Waals surface area contributed by atoms with E-state index in [-0.39, 0.29) is 11.6 Å². The number of carboxylic acids is 1. The summed E-state index contributed by atoms with van der Waals surface area (Å²) in [6.45, 7) is 5.28. The van der Waals surface area contributed by atoms with Gasteiger partial charge >= 0.3 is 5.97 Å². The fourth-order valence-electron chi connectivity index (χ4n) is 1.73. The molecule has 2 aromatic rings. The number of ether oxygens (including phenoxy) is 1. The molecule has 2 rings (SSSR count). The number of carbonyl (C=O) groups is 1. The van der Waals surface area contributed by atoms with E-state index in [4.69, 9.17) is 9.84 Å². The number of allylic oxidation sites excluding steroid dienone is 2. The number of aliphatic imine (C=N–C) groups is 1. The molecule has 0 fully saturated rings. The van der Waals surface area contributed by atoms with Gasteiger partial charge in [-0.2, -0.15) is 0 Å². The van der Waals surface area contributed by atoms with E-state index in [1.165, 1.54) is 6.20 Å². The first-order chi connectivity index (χ1) is 10.6. The van der Waals surface area contributed by atoms with Crippen molar-refractivity contribution in [2.45, 2.75) is 6.92 Å². The molecule has 0 spiro atoms. The third kappa shape index (κ3) is 3.66. The summed E-state index contributed by atoms with van der Waals surface area (Å²) in [6, 6.07) is 9.66. The number of carboxylic acid groups (broad SMARTS) is 1. The van der Waals surface area contributed by atoms with E-state index in [1.54, 1.807) is 6.08 Å². The molecule has 2 N–H and O–H groups in total. The summed E-state index contributed by atoms with van der Waals surface area (Å²) in [6.07, 6.45) is 3.09. The highest BCUT2D eigenvalue weighted by Crippen LogP contribution is 2.19. The highest BCUT2D eigenvalue weighted by molar-refractivity contribution is 5.87. The van der Waals surface area contributed by atoms with Crippen LogP contribution in [0, 0.1) is 0 Å². The molecule has 0 unspecified atom stereocenters. The molecule has 1 heterocycles. The van der Waals surface area contributed by atoms with Crippen LogP contribution in [0.2, 0.25) is 0 Å². The first-order valence-corrected chi connectivity index (χ1v) is 6.33. The van der Waals surface area contributed by atoms with E-state index in [1.807, 2.05) is 37.3 Å². The summed E-state index contributed by atoms with van der Waals surface area (Å²) in [5.74, 6) is -0.997. The van der Waals surface area contributed by atoms with Crippen LogP contribution in [-0.2, 0) is 0 Å². The summed E-state index contributed by atoms with van der Waals surface area (Å²) >= 11 is 0. The number of aromatic nitrogens is 3. The van der Waals surface area contributed by atoms with Crippen LogP contribution in [0.5, 0.6) is 5.88 Å². The first-order valence-electron chi connectivity index (χ1n) is 6.33. The molecule has 7 nitrogen and oxygen atoms in total. The highest BCUT2D eigenvalue weighted by Gasteiger charge is 2.17. The summed E-state index contributed by atoms with van der Waals surface area (Å²) in [5, 5.41) is 18.2. The van der Waals surface area contributed by atoms with Gasteiger partial charge in [0.05, 0.1) is 6.20 Å². The van der Waals surface area contributed by atoms with Gasteiger partial charge in [-0.25, -0.2) is 9.89 Å². The zero-order valence-electron chi connectivity index (χ0n) is 11.9. The Kier molecular flexibility index (Phi) is 4.81. The monoisotopic (exact) mass is 298 g/mol. The van der Waals surface area contributed by atoms with Crippen molar-refractivity contribution in [2.75, 3.05) is 0 Å². The van der Waals surface area contributed by atoms with Gasteiger partial charge in [0.2, 0.25) is 5.69 Å². The molecule has 1 aromatic carbocycles. The van der Waals surface area contributed by atoms with Crippen molar-refractivity contribution < 1.29 is 14.6 Å². The van der Waals surface area contributed by atoms with Crippen LogP contribution in [0.3, 0.4) is 0 Å². The highest BCUT2D eigenvalue weighted by atomic mass is 16.5. The Balaban J connectivity index is 2.28. The standard InChI is InChI=1S/C15H14N4O3/c1-10(11-6-4-3-5-7-11)8-12(9-16-2)22-14-13(15(20)21)17-19-18-14/h3-9H,2H2,1H3,(H,20,21)(H,17,18,19)/b10-8+,12-9+. The predicted molar refractivity (Wildman–Crippen MR) is 81.7 cm³/mol. The van der Waals surface area contributed by atoms with Crippen molar-refractivity contribution in [1.29, 1.82) is 0 Å². The molecule has 0 radical (unpaired) electrons. The topological polar surface area (TPSA) is 100 Å². The van der Waals surface area contributed by atoms with E-state index >= 15 is 0 Å². The molecular formula is C15H14N4O3. The third-order valence-corrected chi connectivity index (χ3v) is 2.75. The van der Waals surface area contributed by atoms with E-state index < -0.39 is 5.97 Å². The van der Waals surface area contributed by atoms with Crippen molar-refractivity contribution in [1.82, 2.24) is 15.4 Å². The van der Waals surface area contributed by atoms with Crippen molar-refractivity contribution in [3.8, 4) is 5.88 Å². The molecular weight excluding hydrogens is 284 g/mol. The van der Waals surface area contributed by atoms with Gasteiger partial charge in [-0.1, -0.05) is 35.5 Å². The van der Waals surface area contributed by atoms with Crippen LogP contribution < -0.4 is 4.74 Å². The minimum atomic E-state index is -1.24. The normalized spacial score (nSPS) is 12.0. The lowest BCUT2D eigenvalue weighted by atomic mass is 10.1. The molecule has 0 aliphatic heterocycles. The number of H-pyrrole nitrogens is 1. The quantitative estimate of drug-likeness (QED) is 0.485. The van der Waals surface area contributed by atoms with E-state index in [2.05, 4.69) is 27.1 Å². The van der Waals surface area contributed by atoms with Gasteiger partial charge in [-0.15, -0.1) is 5.10 Å². The molecule has 0 saturated heterocycles. The van der Waals surface area contributed by atoms with Crippen LogP contribution in [0.1, 0.15) is 23.0 Å². The molecule has 0 amide bonds. The number of rotatable bonds is 6. The first kappa shape index (κ1) is 15.2. The number of aromatic amines is 1. The minimum Gasteiger partial charge on any atom is -0.476 e. The third-order valence-electron chi connectivity index (χ3n) is 2.75. The molecule has 0 aliphatic carbocycles. The van der Waals surface area contributed by atoms with Crippen LogP contribution >= 0.6 is 0 Å². The van der Waals surface area contributed by atoms with Crippen molar-refractivity contribution in [3.63, 3.8) is 0 Å². The molecule has 22 heavy (non-hydrogen) atoms. The van der Waals surface area contributed by atoms with Crippen molar-refractivity contribution in [3.05, 3.63) is 59.6 Å². The summed E-state index contributed by atoms with van der Waals surface area (Å²) in [7, 11) is 0. The average Bonchev–Trinajstić information content (AvgIpc) is 2.96. The Morgan fingerprint density at radius 3 is 2.77 bits per heavy atom. The molecule has 112 valence electrons. The Bertz CT molecular complexity index is 732. The fraction of sp³-hybridized carbons (Fsp3) is 0.0667. The van der Waals surface area contributed by atoms with E-state index in [0.29, 0.717) is 5.76 Å². The fourth-order valence-corrected chi connectivity index (χ4v) is 1.73. The second-order valence-corrected chi connectivity index (χ2v) is 4.30. The van der Waals surface area contributed by atoms with Gasteiger partial charge < -0.3 is 9.84 Å². The van der Waals surface area contributed by atoms with Crippen molar-refractivity contribution >= 4 is 18.3 Å². The summed E-state index contributed by atoms with van der Waals surface area (Å²) in [5.41, 5.74) is 1.61. The Hall–Kier alpha value is -3.22. The van der Waals surface area contributed by atoms with Gasteiger partial charge in [0.15, 0.2) is 0 Å². The lowest BCUT2D eigenvalue weighted by Crippen LogP contribution is -2.02. The largest absolute Gasteiger partial charge is 0.476 e. The van der Waals surface area contributed by atoms with Crippen LogP contribution in [0.25, 0.3) is 5.57 Å². The van der Waals surface area contributed by atoms with Crippen LogP contribution in [0.4, 0.5) is 0 Å². The van der Waals surface area contributed by atoms with Crippen LogP contribution in [-0.4, -0.2) is 33.2 Å². The second kappa shape index (κ2) is 6.98. The number of benzene rings is 1. The lowest BCUT2D eigenvalue weighted by Gasteiger charge is -2.06. The maximum Gasteiger partial charge on any atom is 0.362 e. The van der Waals surface area contributed by atoms with Gasteiger partial charge in [-0.3, -0.25) is 4.99 Å². The Labute approximate surface area is 126 Å². The van der Waals surface area contributed by atoms with Gasteiger partial charge in [0, 0.05) is 0 Å². The minimum absolute atomic E-state index is 0.0699. The molecule has 0 atom stereocenters. The molecule has 0 bridgehead atoms. The second-order valence-electron chi connectivity index (χ2n) is 4.30. The van der Waals surface area contributed by atoms with Gasteiger partial charge in [0.1, 0.15) is 5.76 Å². The number of hydrogen-bond acceptors (Lipinski definition) is 5. The van der Waals surface area contributed by atoms with Gasteiger partial charge in [-0.05, 0) is 30.9 Å². The van der Waals surface area contributed by atoms with E-state index in [9.17, 15) is 4.79 Å². The zero-order valence-corrected chi connectivity index (χ0v) is 11.9. The van der Waals surface area contributed by atoms with E-state index in [0.717, 1.165) is 11.1 Å². The Morgan fingerprint density at radius 2 is 2.14 bits per heavy atom. The predicted octanol–water partition coefficient (Wildman–Crippen LogP) is 2.53. The molecule has 0 aliphatic rings. The molecule has 1 aromatic heterocycles. The maximum absolute atomic E-state index is 11.0. The molecule has 7 heteroatoms.